The van der Waals surface area contributed by atoms with Crippen molar-refractivity contribution < 1.29 is 4.42 Å². The molecule has 2 aromatic heterocycles. The summed E-state index contributed by atoms with van der Waals surface area (Å²) in [5.74, 6) is -0.457. The molecule has 0 fully saturated rings. The summed E-state index contributed by atoms with van der Waals surface area (Å²) in [6.45, 7) is 0.559. The van der Waals surface area contributed by atoms with Gasteiger partial charge in [-0.3, -0.25) is 9.67 Å². The van der Waals surface area contributed by atoms with Gasteiger partial charge in [-0.05, 0) is 34.6 Å². The second-order valence-corrected chi connectivity index (χ2v) is 5.29. The molecular weight excluding hydrogens is 324 g/mol. The Kier molecular flexibility index (Phi) is 3.23. The largest absolute Gasteiger partial charge is 0.417 e. The molecule has 20 heavy (non-hydrogen) atoms. The van der Waals surface area contributed by atoms with E-state index < -0.39 is 5.76 Å². The molecule has 0 saturated heterocycles. The summed E-state index contributed by atoms with van der Waals surface area (Å²) in [6, 6.07) is 5.50. The molecule has 0 aliphatic carbocycles. The molecule has 3 rings (SSSR count). The number of nitrogens with zero attached hydrogens (tertiary/aromatic N) is 2. The number of nitrogens with one attached hydrogen (secondary N) is 1. The molecule has 0 unspecified atom stereocenters. The highest BCUT2D eigenvalue weighted by atomic mass is 79.9. The summed E-state index contributed by atoms with van der Waals surface area (Å²) >= 11 is 3.57. The van der Waals surface area contributed by atoms with Crippen LogP contribution in [0.15, 0.2) is 31.9 Å². The molecular formula is C13H13BrN4O2. The van der Waals surface area contributed by atoms with Gasteiger partial charge in [-0.1, -0.05) is 6.07 Å². The summed E-state index contributed by atoms with van der Waals surface area (Å²) in [5.41, 5.74) is 9.53. The molecule has 0 radical (unpaired) electrons. The Morgan fingerprint density at radius 1 is 1.50 bits per heavy atom. The number of fused-ring (bicyclic) bond motifs is 1. The SMILES string of the molecule is Cn1nc(-c2ccc3[nH]c(=O)oc3c2)c(Br)c1CCN. The number of oxazole rings is 1. The number of hydrogen-bond donors (Lipinski definition) is 2. The molecule has 0 aliphatic heterocycles. The standard InChI is InChI=1S/C13H13BrN4O2/c1-18-9(4-5-15)11(14)12(17-18)7-2-3-8-10(6-7)20-13(19)16-8/h2-3,6H,4-5,15H2,1H3,(H,16,19). The Labute approximate surface area is 122 Å². The number of halogens is 1. The third-order valence-corrected chi connectivity index (χ3v) is 4.01. The van der Waals surface area contributed by atoms with Crippen LogP contribution in [0.2, 0.25) is 0 Å². The van der Waals surface area contributed by atoms with Crippen molar-refractivity contribution in [3.05, 3.63) is 38.9 Å². The van der Waals surface area contributed by atoms with Crippen molar-refractivity contribution >= 4 is 27.0 Å². The first-order valence-corrected chi connectivity index (χ1v) is 6.94. The lowest BCUT2D eigenvalue weighted by Gasteiger charge is -1.99. The van der Waals surface area contributed by atoms with Crippen molar-refractivity contribution in [2.45, 2.75) is 6.42 Å². The molecule has 2 heterocycles. The van der Waals surface area contributed by atoms with Gasteiger partial charge in [0.25, 0.3) is 0 Å². The Morgan fingerprint density at radius 3 is 3.05 bits per heavy atom. The maximum Gasteiger partial charge on any atom is 0.417 e. The van der Waals surface area contributed by atoms with E-state index in [0.29, 0.717) is 17.6 Å². The van der Waals surface area contributed by atoms with E-state index in [1.807, 2.05) is 17.8 Å². The molecule has 0 aliphatic rings. The van der Waals surface area contributed by atoms with Gasteiger partial charge in [0.15, 0.2) is 5.58 Å². The molecule has 0 bridgehead atoms. The number of benzene rings is 1. The Bertz CT molecular complexity index is 831. The highest BCUT2D eigenvalue weighted by Gasteiger charge is 2.15. The van der Waals surface area contributed by atoms with E-state index in [-0.39, 0.29) is 0 Å². The van der Waals surface area contributed by atoms with Crippen LogP contribution in [0.25, 0.3) is 22.4 Å². The number of aromatic nitrogens is 3. The molecule has 0 saturated carbocycles. The number of hydrogen-bond acceptors (Lipinski definition) is 4. The molecule has 0 amide bonds. The number of aryl methyl sites for hydroxylation is 1. The van der Waals surface area contributed by atoms with Gasteiger partial charge >= 0.3 is 5.76 Å². The first-order chi connectivity index (χ1) is 9.60. The van der Waals surface area contributed by atoms with Crippen LogP contribution in [-0.2, 0) is 13.5 Å². The van der Waals surface area contributed by atoms with E-state index in [0.717, 1.165) is 27.8 Å². The minimum atomic E-state index is -0.457. The maximum absolute atomic E-state index is 11.2. The Hall–Kier alpha value is -1.86. The molecule has 6 nitrogen and oxygen atoms in total. The minimum Gasteiger partial charge on any atom is -0.408 e. The maximum atomic E-state index is 11.2. The predicted octanol–water partition coefficient (Wildman–Crippen LogP) is 1.79. The molecule has 0 spiro atoms. The summed E-state index contributed by atoms with van der Waals surface area (Å²) in [7, 11) is 1.88. The quantitative estimate of drug-likeness (QED) is 0.762. The highest BCUT2D eigenvalue weighted by Crippen LogP contribution is 2.31. The van der Waals surface area contributed by atoms with E-state index in [2.05, 4.69) is 26.0 Å². The van der Waals surface area contributed by atoms with Crippen molar-refractivity contribution in [1.29, 1.82) is 0 Å². The average molecular weight is 337 g/mol. The zero-order valence-corrected chi connectivity index (χ0v) is 12.4. The molecule has 3 N–H and O–H groups in total. The summed E-state index contributed by atoms with van der Waals surface area (Å²) in [6.07, 6.45) is 0.742. The van der Waals surface area contributed by atoms with Gasteiger partial charge in [-0.15, -0.1) is 0 Å². The summed E-state index contributed by atoms with van der Waals surface area (Å²) < 4.78 is 7.80. The van der Waals surface area contributed by atoms with Crippen LogP contribution in [0.4, 0.5) is 0 Å². The van der Waals surface area contributed by atoms with E-state index in [4.69, 9.17) is 10.2 Å². The molecule has 104 valence electrons. The van der Waals surface area contributed by atoms with Crippen molar-refractivity contribution in [3.63, 3.8) is 0 Å². The van der Waals surface area contributed by atoms with Gasteiger partial charge in [0.1, 0.15) is 5.69 Å². The van der Waals surface area contributed by atoms with Gasteiger partial charge in [0.05, 0.1) is 15.7 Å². The van der Waals surface area contributed by atoms with E-state index in [1.54, 1.807) is 12.1 Å². The molecule has 3 aromatic rings. The minimum absolute atomic E-state index is 0.457. The fourth-order valence-corrected chi connectivity index (χ4v) is 2.98. The molecule has 1 aromatic carbocycles. The topological polar surface area (TPSA) is 89.8 Å². The van der Waals surface area contributed by atoms with Gasteiger partial charge in [-0.25, -0.2) is 4.79 Å². The Morgan fingerprint density at radius 2 is 2.30 bits per heavy atom. The second kappa shape index (κ2) is 4.92. The van der Waals surface area contributed by atoms with Crippen LogP contribution in [-0.4, -0.2) is 21.3 Å². The van der Waals surface area contributed by atoms with Gasteiger partial charge in [0, 0.05) is 19.0 Å². The van der Waals surface area contributed by atoms with Gasteiger partial charge in [0.2, 0.25) is 0 Å². The predicted molar refractivity (Wildman–Crippen MR) is 79.5 cm³/mol. The van der Waals surface area contributed by atoms with Crippen molar-refractivity contribution in [2.24, 2.45) is 12.8 Å². The van der Waals surface area contributed by atoms with E-state index >= 15 is 0 Å². The number of H-pyrrole nitrogens is 1. The van der Waals surface area contributed by atoms with Crippen LogP contribution >= 0.6 is 15.9 Å². The highest BCUT2D eigenvalue weighted by molar-refractivity contribution is 9.10. The monoisotopic (exact) mass is 336 g/mol. The van der Waals surface area contributed by atoms with E-state index in [1.165, 1.54) is 0 Å². The van der Waals surface area contributed by atoms with Crippen LogP contribution in [0, 0.1) is 0 Å². The van der Waals surface area contributed by atoms with Crippen LogP contribution in [0.1, 0.15) is 5.69 Å². The fourth-order valence-electron chi connectivity index (χ4n) is 2.22. The number of rotatable bonds is 3. The van der Waals surface area contributed by atoms with Gasteiger partial charge in [-0.2, -0.15) is 5.10 Å². The third-order valence-electron chi connectivity index (χ3n) is 3.18. The first kappa shape index (κ1) is 13.1. The second-order valence-electron chi connectivity index (χ2n) is 4.50. The smallest absolute Gasteiger partial charge is 0.408 e. The molecule has 7 heteroatoms. The Balaban J connectivity index is 2.15. The lowest BCUT2D eigenvalue weighted by molar-refractivity contribution is 0.555. The van der Waals surface area contributed by atoms with Crippen molar-refractivity contribution in [1.82, 2.24) is 14.8 Å². The lowest BCUT2D eigenvalue weighted by Crippen LogP contribution is -2.07. The normalized spacial score (nSPS) is 11.3. The fraction of sp³-hybridized carbons (Fsp3) is 0.231. The zero-order valence-electron chi connectivity index (χ0n) is 10.8. The first-order valence-electron chi connectivity index (χ1n) is 6.15. The lowest BCUT2D eigenvalue weighted by atomic mass is 10.1. The third kappa shape index (κ3) is 2.08. The summed E-state index contributed by atoms with van der Waals surface area (Å²) in [5, 5.41) is 4.50. The van der Waals surface area contributed by atoms with Crippen LogP contribution < -0.4 is 11.5 Å². The molecule has 0 atom stereocenters. The van der Waals surface area contributed by atoms with Gasteiger partial charge < -0.3 is 10.2 Å². The van der Waals surface area contributed by atoms with Crippen LogP contribution in [0.5, 0.6) is 0 Å². The van der Waals surface area contributed by atoms with Crippen molar-refractivity contribution in [3.8, 4) is 11.3 Å². The summed E-state index contributed by atoms with van der Waals surface area (Å²) in [4.78, 5) is 13.8. The number of nitrogens with two attached hydrogens (primary N) is 1. The van der Waals surface area contributed by atoms with Crippen LogP contribution in [0.3, 0.4) is 0 Å². The van der Waals surface area contributed by atoms with Crippen molar-refractivity contribution in [2.75, 3.05) is 6.54 Å². The number of aromatic amines is 1. The average Bonchev–Trinajstić information content (AvgIpc) is 2.91. The zero-order chi connectivity index (χ0) is 14.3. The van der Waals surface area contributed by atoms with E-state index in [9.17, 15) is 4.79 Å².